The summed E-state index contributed by atoms with van der Waals surface area (Å²) in [6.45, 7) is 6.82. The highest BCUT2D eigenvalue weighted by atomic mass is 32.4. The van der Waals surface area contributed by atoms with Gasteiger partial charge in [0.15, 0.2) is 0 Å². The third kappa shape index (κ3) is 6.35. The Balaban J connectivity index is 2.59. The second kappa shape index (κ2) is 10.3. The van der Waals surface area contributed by atoms with Crippen LogP contribution < -0.4 is 5.30 Å². The Hall–Kier alpha value is -0.430. The van der Waals surface area contributed by atoms with E-state index < -0.39 is 6.26 Å². The zero-order chi connectivity index (χ0) is 14.7. The normalized spacial score (nSPS) is 13.8. The van der Waals surface area contributed by atoms with E-state index in [1.165, 1.54) is 24.6 Å². The van der Waals surface area contributed by atoms with E-state index in [-0.39, 0.29) is 0 Å². The van der Waals surface area contributed by atoms with E-state index in [2.05, 4.69) is 37.8 Å². The lowest BCUT2D eigenvalue weighted by Gasteiger charge is -2.23. The quantitative estimate of drug-likeness (QED) is 0.313. The van der Waals surface area contributed by atoms with Crippen molar-refractivity contribution < 1.29 is 4.52 Å². The zero-order valence-electron chi connectivity index (χ0n) is 12.6. The molecule has 0 radical (unpaired) electrons. The molecule has 3 heteroatoms. The third-order valence-corrected chi connectivity index (χ3v) is 7.39. The molecule has 0 fully saturated rings. The molecule has 0 aliphatic rings. The van der Waals surface area contributed by atoms with Crippen molar-refractivity contribution in [2.45, 2.75) is 45.4 Å². The van der Waals surface area contributed by atoms with Crippen LogP contribution >= 0.6 is 6.26 Å². The minimum absolute atomic E-state index is 0.806. The van der Waals surface area contributed by atoms with Crippen molar-refractivity contribution in [1.82, 2.24) is 0 Å². The minimum atomic E-state index is -1.86. The lowest BCUT2D eigenvalue weighted by molar-refractivity contribution is 0.338. The second-order valence-electron chi connectivity index (χ2n) is 5.06. The van der Waals surface area contributed by atoms with E-state index in [1.54, 1.807) is 0 Å². The van der Waals surface area contributed by atoms with Gasteiger partial charge >= 0.3 is 0 Å². The summed E-state index contributed by atoms with van der Waals surface area (Å²) in [5.41, 5.74) is 0. The van der Waals surface area contributed by atoms with E-state index in [0.29, 0.717) is 0 Å². The second-order valence-corrected chi connectivity index (χ2v) is 9.40. The molecule has 1 nitrogen and oxygen atoms in total. The first-order valence-corrected chi connectivity index (χ1v) is 10.5. The molecule has 0 bridgehead atoms. The van der Waals surface area contributed by atoms with Gasteiger partial charge in [-0.15, -0.1) is 6.58 Å². The Morgan fingerprint density at radius 3 is 2.55 bits per heavy atom. The number of unbranched alkanes of at least 4 members (excludes halogenated alkanes) is 4. The van der Waals surface area contributed by atoms with Gasteiger partial charge in [0, 0.05) is 11.5 Å². The molecule has 0 aliphatic heterocycles. The highest BCUT2D eigenvalue weighted by Gasteiger charge is 2.19. The minimum Gasteiger partial charge on any atom is -0.346 e. The lowest BCUT2D eigenvalue weighted by Crippen LogP contribution is -2.11. The van der Waals surface area contributed by atoms with E-state index in [0.717, 1.165) is 32.0 Å². The molecule has 0 amide bonds. The predicted molar refractivity (Wildman–Crippen MR) is 94.8 cm³/mol. The Kier molecular flexibility index (Phi) is 9.09. The smallest absolute Gasteiger partial charge is 0.0947 e. The first kappa shape index (κ1) is 17.6. The molecular formula is C17H27OPS. The zero-order valence-corrected chi connectivity index (χ0v) is 14.3. The van der Waals surface area contributed by atoms with Crippen molar-refractivity contribution in [2.75, 3.05) is 12.8 Å². The van der Waals surface area contributed by atoms with Gasteiger partial charge < -0.3 is 4.52 Å². The summed E-state index contributed by atoms with van der Waals surface area (Å²) in [5, 5.41) is 1.22. The summed E-state index contributed by atoms with van der Waals surface area (Å²) in [7, 11) is 0. The SMILES string of the molecule is C=CCCCP(=S)(OCCCCCC)c1ccccc1. The van der Waals surface area contributed by atoms with Gasteiger partial charge in [0.1, 0.15) is 0 Å². The van der Waals surface area contributed by atoms with Crippen LogP contribution in [-0.4, -0.2) is 12.8 Å². The van der Waals surface area contributed by atoms with E-state index in [1.807, 2.05) is 12.1 Å². The molecular weight excluding hydrogens is 283 g/mol. The third-order valence-electron chi connectivity index (χ3n) is 3.31. The fourth-order valence-corrected chi connectivity index (χ4v) is 5.27. The molecule has 0 aliphatic carbocycles. The van der Waals surface area contributed by atoms with Crippen LogP contribution in [0.2, 0.25) is 0 Å². The fraction of sp³-hybridized carbons (Fsp3) is 0.529. The molecule has 1 unspecified atom stereocenters. The molecule has 0 spiro atoms. The lowest BCUT2D eigenvalue weighted by atomic mass is 10.2. The molecule has 0 saturated carbocycles. The average Bonchev–Trinajstić information content (AvgIpc) is 2.48. The summed E-state index contributed by atoms with van der Waals surface area (Å²) >= 11 is 5.91. The molecule has 20 heavy (non-hydrogen) atoms. The van der Waals surface area contributed by atoms with Gasteiger partial charge in [0.05, 0.1) is 12.9 Å². The van der Waals surface area contributed by atoms with Crippen molar-refractivity contribution in [3.05, 3.63) is 43.0 Å². The van der Waals surface area contributed by atoms with Crippen molar-refractivity contribution >= 4 is 23.4 Å². The first-order valence-electron chi connectivity index (χ1n) is 7.63. The van der Waals surface area contributed by atoms with Gasteiger partial charge in [-0.25, -0.2) is 0 Å². The number of allylic oxidation sites excluding steroid dienone is 1. The molecule has 1 rings (SSSR count). The number of hydrogen-bond donors (Lipinski definition) is 0. The molecule has 1 atom stereocenters. The molecule has 0 heterocycles. The Labute approximate surface area is 129 Å². The summed E-state index contributed by atoms with van der Waals surface area (Å²) in [6, 6.07) is 10.4. The highest BCUT2D eigenvalue weighted by Crippen LogP contribution is 2.47. The van der Waals surface area contributed by atoms with Gasteiger partial charge in [-0.2, -0.15) is 0 Å². The van der Waals surface area contributed by atoms with Crippen LogP contribution in [0, 0.1) is 0 Å². The fourth-order valence-electron chi connectivity index (χ4n) is 2.11. The molecule has 1 aromatic rings. The van der Waals surface area contributed by atoms with Crippen molar-refractivity contribution in [3.8, 4) is 0 Å². The number of hydrogen-bond acceptors (Lipinski definition) is 2. The maximum atomic E-state index is 6.20. The summed E-state index contributed by atoms with van der Waals surface area (Å²) < 4.78 is 6.20. The van der Waals surface area contributed by atoms with Crippen molar-refractivity contribution in [1.29, 1.82) is 0 Å². The van der Waals surface area contributed by atoms with Crippen molar-refractivity contribution in [2.24, 2.45) is 0 Å². The summed E-state index contributed by atoms with van der Waals surface area (Å²) in [4.78, 5) is 0. The van der Waals surface area contributed by atoms with Crippen LogP contribution in [0.5, 0.6) is 0 Å². The van der Waals surface area contributed by atoms with E-state index >= 15 is 0 Å². The van der Waals surface area contributed by atoms with E-state index in [9.17, 15) is 0 Å². The number of benzene rings is 1. The molecule has 1 aromatic carbocycles. The molecule has 0 aromatic heterocycles. The Morgan fingerprint density at radius 1 is 1.15 bits per heavy atom. The highest BCUT2D eigenvalue weighted by molar-refractivity contribution is 8.15. The van der Waals surface area contributed by atoms with E-state index in [4.69, 9.17) is 16.3 Å². The standard InChI is InChI=1S/C17H27OPS/c1-3-5-7-11-15-18-19(20,16-12-6-4-2)17-13-9-8-10-14-17/h4,8-10,13-14H,2-3,5-7,11-12,15-16H2,1H3. The molecule has 0 saturated heterocycles. The van der Waals surface area contributed by atoms with Gasteiger partial charge in [-0.3, -0.25) is 0 Å². The van der Waals surface area contributed by atoms with Crippen LogP contribution in [0.15, 0.2) is 43.0 Å². The molecule has 0 N–H and O–H groups in total. The van der Waals surface area contributed by atoms with Gasteiger partial charge in [0.2, 0.25) is 0 Å². The van der Waals surface area contributed by atoms with Crippen LogP contribution in [0.1, 0.15) is 45.4 Å². The van der Waals surface area contributed by atoms with Gasteiger partial charge in [0.25, 0.3) is 0 Å². The summed E-state index contributed by atoms with van der Waals surface area (Å²) in [6.07, 6.45) is 8.08. The van der Waals surface area contributed by atoms with Crippen LogP contribution in [0.25, 0.3) is 0 Å². The maximum Gasteiger partial charge on any atom is 0.0947 e. The largest absolute Gasteiger partial charge is 0.346 e. The Morgan fingerprint density at radius 2 is 1.90 bits per heavy atom. The Bertz CT molecular complexity index is 416. The van der Waals surface area contributed by atoms with Gasteiger partial charge in [-0.05, 0) is 19.3 Å². The van der Waals surface area contributed by atoms with Crippen molar-refractivity contribution in [3.63, 3.8) is 0 Å². The van der Waals surface area contributed by atoms with Crippen LogP contribution in [0.4, 0.5) is 0 Å². The van der Waals surface area contributed by atoms with Crippen LogP contribution in [-0.2, 0) is 16.3 Å². The van der Waals surface area contributed by atoms with Crippen LogP contribution in [0.3, 0.4) is 0 Å². The molecule has 112 valence electrons. The summed E-state index contributed by atoms with van der Waals surface area (Å²) in [5.74, 6) is 0. The first-order chi connectivity index (χ1) is 9.73. The maximum absolute atomic E-state index is 6.20. The topological polar surface area (TPSA) is 9.23 Å². The monoisotopic (exact) mass is 310 g/mol. The van der Waals surface area contributed by atoms with Gasteiger partial charge in [-0.1, -0.05) is 74.4 Å². The average molecular weight is 310 g/mol. The number of rotatable bonds is 11. The predicted octanol–water partition coefficient (Wildman–Crippen LogP) is 5.27.